The van der Waals surface area contributed by atoms with Gasteiger partial charge in [0.1, 0.15) is 23.5 Å². The van der Waals surface area contributed by atoms with Crippen LogP contribution in [-0.2, 0) is 10.0 Å². The van der Waals surface area contributed by atoms with Crippen LogP contribution in [0.1, 0.15) is 0 Å². The molecule has 0 aliphatic heterocycles. The number of rotatable bonds is 7. The Bertz CT molecular complexity index is 1710. The fourth-order valence-electron chi connectivity index (χ4n) is 3.88. The molecule has 0 saturated heterocycles. The molecule has 5 aromatic rings. The summed E-state index contributed by atoms with van der Waals surface area (Å²) < 4.78 is 58.7. The second-order valence-corrected chi connectivity index (χ2v) is 9.94. The van der Waals surface area contributed by atoms with E-state index in [9.17, 15) is 12.8 Å². The van der Waals surface area contributed by atoms with Gasteiger partial charge in [0.2, 0.25) is 5.88 Å². The molecule has 2 heterocycles. The molecule has 0 spiro atoms. The summed E-state index contributed by atoms with van der Waals surface area (Å²) in [6.07, 6.45) is 2.74. The molecule has 37 heavy (non-hydrogen) atoms. The van der Waals surface area contributed by atoms with Gasteiger partial charge in [0.05, 0.1) is 30.3 Å². The van der Waals surface area contributed by atoms with Gasteiger partial charge in [-0.1, -0.05) is 35.0 Å². The second-order valence-electron chi connectivity index (χ2n) is 7.74. The zero-order chi connectivity index (χ0) is 26.2. The number of hydrogen-bond donors (Lipinski definition) is 0. The Balaban J connectivity index is 1.71. The Morgan fingerprint density at radius 3 is 2.57 bits per heavy atom. The number of ether oxygens (including phenoxy) is 2. The van der Waals surface area contributed by atoms with E-state index in [1.54, 1.807) is 18.2 Å². The Morgan fingerprint density at radius 2 is 1.86 bits per heavy atom. The molecule has 0 unspecified atom stereocenters. The van der Waals surface area contributed by atoms with Crippen LogP contribution < -0.4 is 13.8 Å². The summed E-state index contributed by atoms with van der Waals surface area (Å²) in [5.41, 5.74) is 1.02. The number of sulfonamides is 1. The van der Waals surface area contributed by atoms with Crippen LogP contribution in [-0.4, -0.2) is 38.0 Å². The van der Waals surface area contributed by atoms with Crippen LogP contribution in [0.15, 0.2) is 82.5 Å². The van der Waals surface area contributed by atoms with Crippen LogP contribution in [0.3, 0.4) is 0 Å². The lowest BCUT2D eigenvalue weighted by molar-refractivity contribution is 0.397. The first-order valence-electron chi connectivity index (χ1n) is 10.7. The van der Waals surface area contributed by atoms with Gasteiger partial charge in [-0.25, -0.2) is 17.1 Å². The van der Waals surface area contributed by atoms with E-state index in [4.69, 9.17) is 25.6 Å². The minimum absolute atomic E-state index is 0.0345. The zero-order valence-electron chi connectivity index (χ0n) is 19.4. The highest BCUT2D eigenvalue weighted by molar-refractivity contribution is 7.93. The molecule has 2 aromatic heterocycles. The normalized spacial score (nSPS) is 11.5. The molecular weight excluding hydrogens is 523 g/mol. The van der Waals surface area contributed by atoms with Crippen LogP contribution in [0.2, 0.25) is 5.02 Å². The molecule has 0 radical (unpaired) electrons. The quantitative estimate of drug-likeness (QED) is 0.262. The van der Waals surface area contributed by atoms with E-state index in [1.165, 1.54) is 69.1 Å². The number of aromatic nitrogens is 3. The van der Waals surface area contributed by atoms with Crippen molar-refractivity contribution in [1.82, 2.24) is 15.4 Å². The fraction of sp³-hybridized carbons (Fsp3) is 0.0800. The van der Waals surface area contributed by atoms with E-state index in [0.717, 1.165) is 4.31 Å². The monoisotopic (exact) mass is 540 g/mol. The Labute approximate surface area is 216 Å². The molecule has 9 nitrogen and oxygen atoms in total. The van der Waals surface area contributed by atoms with E-state index in [-0.39, 0.29) is 33.1 Å². The van der Waals surface area contributed by atoms with Crippen molar-refractivity contribution in [3.05, 3.63) is 84.0 Å². The fourth-order valence-corrected chi connectivity index (χ4v) is 5.60. The summed E-state index contributed by atoms with van der Waals surface area (Å²) >= 11 is 6.59. The first-order chi connectivity index (χ1) is 17.8. The molecule has 0 bridgehead atoms. The van der Waals surface area contributed by atoms with Crippen molar-refractivity contribution in [3.8, 4) is 22.8 Å². The SMILES string of the molecule is COc1cc(-c2cccc(F)c2)c(Cl)cc1N(c1ccon1)S(=O)(=O)c1ccc2cnnc(OC)c2c1. The van der Waals surface area contributed by atoms with Gasteiger partial charge in [0, 0.05) is 22.4 Å². The van der Waals surface area contributed by atoms with Crippen molar-refractivity contribution < 1.29 is 26.8 Å². The summed E-state index contributed by atoms with van der Waals surface area (Å²) in [5.74, 6) is -0.158. The highest BCUT2D eigenvalue weighted by Gasteiger charge is 2.32. The molecule has 0 saturated carbocycles. The van der Waals surface area contributed by atoms with Gasteiger partial charge < -0.3 is 14.0 Å². The van der Waals surface area contributed by atoms with E-state index < -0.39 is 15.8 Å². The predicted molar refractivity (Wildman–Crippen MR) is 135 cm³/mol. The minimum atomic E-state index is -4.32. The first kappa shape index (κ1) is 24.5. The summed E-state index contributed by atoms with van der Waals surface area (Å²) in [6, 6.07) is 14.7. The number of hydrogen-bond acceptors (Lipinski definition) is 8. The molecule has 12 heteroatoms. The lowest BCUT2D eigenvalue weighted by Gasteiger charge is -2.24. The lowest BCUT2D eigenvalue weighted by Crippen LogP contribution is -2.27. The molecule has 0 amide bonds. The highest BCUT2D eigenvalue weighted by atomic mass is 35.5. The number of halogens is 2. The number of nitrogens with zero attached hydrogens (tertiary/aromatic N) is 4. The summed E-state index contributed by atoms with van der Waals surface area (Å²) in [4.78, 5) is -0.0818. The second kappa shape index (κ2) is 9.68. The van der Waals surface area contributed by atoms with Gasteiger partial charge in [0.25, 0.3) is 10.0 Å². The third kappa shape index (κ3) is 4.43. The van der Waals surface area contributed by atoms with Crippen molar-refractivity contribution >= 4 is 43.9 Å². The molecule has 0 atom stereocenters. The summed E-state index contributed by atoms with van der Waals surface area (Å²) in [7, 11) is -1.52. The molecule has 0 aliphatic rings. The van der Waals surface area contributed by atoms with Crippen LogP contribution in [0, 0.1) is 5.82 Å². The maximum absolute atomic E-state index is 14.1. The van der Waals surface area contributed by atoms with Crippen molar-refractivity contribution in [1.29, 1.82) is 0 Å². The van der Waals surface area contributed by atoms with E-state index in [0.29, 0.717) is 21.9 Å². The van der Waals surface area contributed by atoms with E-state index >= 15 is 0 Å². The van der Waals surface area contributed by atoms with Crippen molar-refractivity contribution in [2.75, 3.05) is 18.5 Å². The zero-order valence-corrected chi connectivity index (χ0v) is 21.0. The molecule has 5 rings (SSSR count). The predicted octanol–water partition coefficient (Wildman–Crippen LogP) is 5.62. The van der Waals surface area contributed by atoms with E-state index in [1.807, 2.05) is 0 Å². The van der Waals surface area contributed by atoms with E-state index in [2.05, 4.69) is 15.4 Å². The topological polar surface area (TPSA) is 108 Å². The third-order valence-corrected chi connectivity index (χ3v) is 7.61. The van der Waals surface area contributed by atoms with Crippen LogP contribution in [0.4, 0.5) is 15.9 Å². The van der Waals surface area contributed by atoms with Crippen LogP contribution in [0.25, 0.3) is 21.9 Å². The lowest BCUT2D eigenvalue weighted by atomic mass is 10.0. The molecule has 188 valence electrons. The number of anilines is 2. The number of fused-ring (bicyclic) bond motifs is 1. The highest BCUT2D eigenvalue weighted by Crippen LogP contribution is 2.44. The van der Waals surface area contributed by atoms with Crippen molar-refractivity contribution in [3.63, 3.8) is 0 Å². The maximum Gasteiger partial charge on any atom is 0.270 e. The standard InChI is InChI=1S/C25H18ClFN4O5S/c1-34-23-12-19(15-4-3-5-17(27)10-15)21(26)13-22(23)31(24-8-9-36-30-24)37(32,33)18-7-6-16-14-28-29-25(35-2)20(16)11-18/h3-14H,1-2H3. The first-order valence-corrected chi connectivity index (χ1v) is 12.5. The Kier molecular flexibility index (Phi) is 6.40. The van der Waals surface area contributed by atoms with Crippen molar-refractivity contribution in [2.24, 2.45) is 0 Å². The average Bonchev–Trinajstić information content (AvgIpc) is 3.42. The van der Waals surface area contributed by atoms with Crippen LogP contribution in [0.5, 0.6) is 11.6 Å². The minimum Gasteiger partial charge on any atom is -0.495 e. The number of benzene rings is 3. The molecule has 0 aliphatic carbocycles. The summed E-state index contributed by atoms with van der Waals surface area (Å²) in [5, 5.41) is 12.9. The summed E-state index contributed by atoms with van der Waals surface area (Å²) in [6.45, 7) is 0. The largest absolute Gasteiger partial charge is 0.495 e. The van der Waals surface area contributed by atoms with Gasteiger partial charge in [-0.15, -0.1) is 5.10 Å². The Hall–Kier alpha value is -4.22. The van der Waals surface area contributed by atoms with Gasteiger partial charge in [-0.2, -0.15) is 5.10 Å². The number of methoxy groups -OCH3 is 2. The van der Waals surface area contributed by atoms with Gasteiger partial charge in [-0.05, 0) is 42.0 Å². The Morgan fingerprint density at radius 1 is 1.03 bits per heavy atom. The molecule has 0 fully saturated rings. The van der Waals surface area contributed by atoms with Gasteiger partial charge in [-0.3, -0.25) is 0 Å². The molecular formula is C25H18ClFN4O5S. The molecule has 0 N–H and O–H groups in total. The average molecular weight is 541 g/mol. The maximum atomic E-state index is 14.1. The van der Waals surface area contributed by atoms with Crippen molar-refractivity contribution in [2.45, 2.75) is 4.90 Å². The third-order valence-electron chi connectivity index (χ3n) is 5.59. The molecule has 3 aromatic carbocycles. The smallest absolute Gasteiger partial charge is 0.270 e. The van der Waals surface area contributed by atoms with Gasteiger partial charge >= 0.3 is 0 Å². The van der Waals surface area contributed by atoms with Crippen LogP contribution >= 0.6 is 11.6 Å². The van der Waals surface area contributed by atoms with Gasteiger partial charge in [0.15, 0.2) is 5.82 Å².